The van der Waals surface area contributed by atoms with E-state index in [0.29, 0.717) is 11.4 Å². The molecular weight excluding hydrogens is 336 g/mol. The van der Waals surface area contributed by atoms with E-state index in [2.05, 4.69) is 10.6 Å². The van der Waals surface area contributed by atoms with E-state index in [0.717, 1.165) is 16.0 Å². The molecule has 0 fully saturated rings. The molecule has 0 aliphatic carbocycles. The minimum atomic E-state index is -1.56. The number of carbonyl (C=O) groups excluding carboxylic acids is 2. The topological polar surface area (TPSA) is 67.4 Å². The Kier molecular flexibility index (Phi) is 4.72. The standard InChI is InChI=1S/C19H20N2O3S/c1-4-24-18(23)19(21-14-8-5-12(2)6-9-14)17(22)20-15-10-7-13(3)11-16(15)25-19/h5-11,21H,4H2,1-3H3,(H,20,22)/t19-/m1/s1. The second kappa shape index (κ2) is 6.80. The Bertz CT molecular complexity index is 820. The van der Waals surface area contributed by atoms with Gasteiger partial charge in [-0.2, -0.15) is 0 Å². The lowest BCUT2D eigenvalue weighted by molar-refractivity contribution is -0.147. The molecule has 2 aromatic carbocycles. The largest absolute Gasteiger partial charge is 0.463 e. The highest BCUT2D eigenvalue weighted by molar-refractivity contribution is 8.02. The van der Waals surface area contributed by atoms with Crippen LogP contribution in [0, 0.1) is 13.8 Å². The Morgan fingerprint density at radius 3 is 2.52 bits per heavy atom. The zero-order valence-electron chi connectivity index (χ0n) is 14.4. The summed E-state index contributed by atoms with van der Waals surface area (Å²) in [6.45, 7) is 5.87. The SMILES string of the molecule is CCOC(=O)[C@]1(Nc2ccc(C)cc2)Sc2cc(C)ccc2NC1=O. The molecule has 3 rings (SSSR count). The smallest absolute Gasteiger partial charge is 0.352 e. The van der Waals surface area contributed by atoms with Crippen molar-refractivity contribution in [2.75, 3.05) is 17.2 Å². The van der Waals surface area contributed by atoms with E-state index in [9.17, 15) is 9.59 Å². The second-order valence-electron chi connectivity index (χ2n) is 5.95. The van der Waals surface area contributed by atoms with Gasteiger partial charge in [-0.05, 0) is 50.6 Å². The number of ether oxygens (including phenoxy) is 1. The van der Waals surface area contributed by atoms with Crippen LogP contribution in [-0.4, -0.2) is 23.4 Å². The zero-order valence-corrected chi connectivity index (χ0v) is 15.2. The van der Waals surface area contributed by atoms with Crippen LogP contribution in [-0.2, 0) is 14.3 Å². The third-order valence-corrected chi connectivity index (χ3v) is 5.22. The highest BCUT2D eigenvalue weighted by Crippen LogP contribution is 2.44. The van der Waals surface area contributed by atoms with Crippen LogP contribution in [0.1, 0.15) is 18.1 Å². The number of rotatable bonds is 4. The van der Waals surface area contributed by atoms with Gasteiger partial charge in [-0.3, -0.25) is 4.79 Å². The van der Waals surface area contributed by atoms with Crippen molar-refractivity contribution in [1.29, 1.82) is 0 Å². The monoisotopic (exact) mass is 356 g/mol. The van der Waals surface area contributed by atoms with Gasteiger partial charge < -0.3 is 15.4 Å². The van der Waals surface area contributed by atoms with E-state index in [4.69, 9.17) is 4.74 Å². The van der Waals surface area contributed by atoms with Crippen LogP contribution in [0.4, 0.5) is 11.4 Å². The van der Waals surface area contributed by atoms with Crippen molar-refractivity contribution in [2.45, 2.75) is 30.5 Å². The zero-order chi connectivity index (χ0) is 18.0. The summed E-state index contributed by atoms with van der Waals surface area (Å²) in [5.74, 6) is -1.04. The van der Waals surface area contributed by atoms with Gasteiger partial charge in [-0.25, -0.2) is 4.79 Å². The summed E-state index contributed by atoms with van der Waals surface area (Å²) < 4.78 is 5.21. The predicted octanol–water partition coefficient (Wildman–Crippen LogP) is 3.72. The molecule has 2 aromatic rings. The molecule has 0 spiro atoms. The van der Waals surface area contributed by atoms with Crippen molar-refractivity contribution in [3.63, 3.8) is 0 Å². The number of esters is 1. The first-order valence-corrected chi connectivity index (χ1v) is 8.89. The number of benzene rings is 2. The van der Waals surface area contributed by atoms with Crippen LogP contribution in [0.15, 0.2) is 47.4 Å². The van der Waals surface area contributed by atoms with Gasteiger partial charge in [0.25, 0.3) is 10.8 Å². The molecule has 1 heterocycles. The molecule has 0 radical (unpaired) electrons. The molecule has 0 saturated heterocycles. The van der Waals surface area contributed by atoms with Crippen molar-refractivity contribution in [3.8, 4) is 0 Å². The minimum Gasteiger partial charge on any atom is -0.463 e. The van der Waals surface area contributed by atoms with Crippen molar-refractivity contribution in [2.24, 2.45) is 0 Å². The van der Waals surface area contributed by atoms with E-state index in [-0.39, 0.29) is 6.61 Å². The normalized spacial score (nSPS) is 18.9. The fourth-order valence-electron chi connectivity index (χ4n) is 2.58. The molecule has 25 heavy (non-hydrogen) atoms. The van der Waals surface area contributed by atoms with Crippen molar-refractivity contribution in [3.05, 3.63) is 53.6 Å². The van der Waals surface area contributed by atoms with E-state index in [1.807, 2.05) is 56.3 Å². The summed E-state index contributed by atoms with van der Waals surface area (Å²) >= 11 is 1.18. The molecular formula is C19H20N2O3S. The summed E-state index contributed by atoms with van der Waals surface area (Å²) in [6.07, 6.45) is 0. The predicted molar refractivity (Wildman–Crippen MR) is 99.8 cm³/mol. The van der Waals surface area contributed by atoms with Crippen LogP contribution in [0.2, 0.25) is 0 Å². The highest BCUT2D eigenvalue weighted by Gasteiger charge is 2.52. The Morgan fingerprint density at radius 2 is 1.84 bits per heavy atom. The molecule has 1 aliphatic rings. The van der Waals surface area contributed by atoms with E-state index in [1.165, 1.54) is 11.8 Å². The number of nitrogens with one attached hydrogen (secondary N) is 2. The van der Waals surface area contributed by atoms with E-state index >= 15 is 0 Å². The molecule has 5 nitrogen and oxygen atoms in total. The summed E-state index contributed by atoms with van der Waals surface area (Å²) in [6, 6.07) is 13.2. The van der Waals surface area contributed by atoms with Gasteiger partial charge in [-0.15, -0.1) is 0 Å². The maximum absolute atomic E-state index is 12.9. The number of thioether (sulfide) groups is 1. The lowest BCUT2D eigenvalue weighted by Gasteiger charge is -2.35. The number of aryl methyl sites for hydroxylation is 2. The first-order valence-electron chi connectivity index (χ1n) is 8.08. The van der Waals surface area contributed by atoms with Crippen LogP contribution in [0.3, 0.4) is 0 Å². The minimum absolute atomic E-state index is 0.199. The lowest BCUT2D eigenvalue weighted by Crippen LogP contribution is -2.55. The van der Waals surface area contributed by atoms with E-state index < -0.39 is 16.7 Å². The number of carbonyl (C=O) groups is 2. The van der Waals surface area contributed by atoms with Crippen molar-refractivity contribution >= 4 is 35.0 Å². The first kappa shape index (κ1) is 17.4. The van der Waals surface area contributed by atoms with Gasteiger partial charge in [0.2, 0.25) is 0 Å². The highest BCUT2D eigenvalue weighted by atomic mass is 32.2. The average Bonchev–Trinajstić information content (AvgIpc) is 2.58. The van der Waals surface area contributed by atoms with Crippen LogP contribution >= 0.6 is 11.8 Å². The number of amides is 1. The summed E-state index contributed by atoms with van der Waals surface area (Å²) in [5, 5.41) is 5.92. The van der Waals surface area contributed by atoms with Crippen molar-refractivity contribution < 1.29 is 14.3 Å². The third-order valence-electron chi connectivity index (χ3n) is 3.90. The molecule has 0 saturated carbocycles. The summed E-state index contributed by atoms with van der Waals surface area (Å²) in [7, 11) is 0. The van der Waals surface area contributed by atoms with Gasteiger partial charge in [0, 0.05) is 10.6 Å². The lowest BCUT2D eigenvalue weighted by atomic mass is 10.1. The molecule has 0 aromatic heterocycles. The maximum atomic E-state index is 12.9. The van der Waals surface area contributed by atoms with Crippen LogP contribution < -0.4 is 10.6 Å². The Labute approximate surface area is 151 Å². The van der Waals surface area contributed by atoms with Gasteiger partial charge >= 0.3 is 5.97 Å². The average molecular weight is 356 g/mol. The quantitative estimate of drug-likeness (QED) is 0.646. The van der Waals surface area contributed by atoms with Crippen LogP contribution in [0.25, 0.3) is 0 Å². The van der Waals surface area contributed by atoms with E-state index in [1.54, 1.807) is 6.92 Å². The van der Waals surface area contributed by atoms with Gasteiger partial charge in [0.05, 0.1) is 12.3 Å². The molecule has 130 valence electrons. The molecule has 6 heteroatoms. The van der Waals surface area contributed by atoms with Crippen molar-refractivity contribution in [1.82, 2.24) is 0 Å². The second-order valence-corrected chi connectivity index (χ2v) is 7.20. The van der Waals surface area contributed by atoms with Gasteiger partial charge in [0.15, 0.2) is 0 Å². The van der Waals surface area contributed by atoms with Gasteiger partial charge in [-0.1, -0.05) is 35.5 Å². The number of hydrogen-bond donors (Lipinski definition) is 2. The maximum Gasteiger partial charge on any atom is 0.352 e. The molecule has 1 atom stereocenters. The Hall–Kier alpha value is -2.47. The molecule has 1 aliphatic heterocycles. The molecule has 1 amide bonds. The Morgan fingerprint density at radius 1 is 1.16 bits per heavy atom. The molecule has 0 unspecified atom stereocenters. The summed E-state index contributed by atoms with van der Waals surface area (Å²) in [4.78, 5) is 24.8. The fourth-order valence-corrected chi connectivity index (χ4v) is 3.84. The fraction of sp³-hybridized carbons (Fsp3) is 0.263. The number of fused-ring (bicyclic) bond motifs is 1. The third kappa shape index (κ3) is 3.35. The first-order chi connectivity index (χ1) is 11.9. The van der Waals surface area contributed by atoms with Crippen LogP contribution in [0.5, 0.6) is 0 Å². The van der Waals surface area contributed by atoms with Gasteiger partial charge in [0.1, 0.15) is 0 Å². The number of hydrogen-bond acceptors (Lipinski definition) is 5. The Balaban J connectivity index is 2.03. The molecule has 0 bridgehead atoms. The summed E-state index contributed by atoms with van der Waals surface area (Å²) in [5.41, 5.74) is 3.52. The molecule has 2 N–H and O–H groups in total. The number of anilines is 2.